The fourth-order valence-electron chi connectivity index (χ4n) is 3.36. The maximum Gasteiger partial charge on any atom is 0.407 e. The number of carboxylic acid groups (broad SMARTS) is 1. The molecule has 2 aromatic rings. The van der Waals surface area contributed by atoms with Gasteiger partial charge in [0.15, 0.2) is 0 Å². The molecule has 0 fully saturated rings. The molecular formula is C22H32N2O5. The number of H-pyrrole nitrogens is 1. The number of hydrogen-bond acceptors (Lipinski definition) is 4. The molecule has 1 unspecified atom stereocenters. The van der Waals surface area contributed by atoms with Gasteiger partial charge in [0, 0.05) is 17.1 Å². The summed E-state index contributed by atoms with van der Waals surface area (Å²) in [6, 6.07) is 7.07. The minimum atomic E-state index is -1.04. The number of benzene rings is 1. The van der Waals surface area contributed by atoms with Crippen molar-refractivity contribution in [3.63, 3.8) is 0 Å². The molecule has 7 nitrogen and oxygen atoms in total. The first-order chi connectivity index (χ1) is 13.5. The summed E-state index contributed by atoms with van der Waals surface area (Å²) in [7, 11) is 0. The molecule has 1 aromatic heterocycles. The highest BCUT2D eigenvalue weighted by molar-refractivity contribution is 5.83. The average molecular weight is 405 g/mol. The van der Waals surface area contributed by atoms with Gasteiger partial charge in [-0.15, -0.1) is 0 Å². The number of nitrogens with one attached hydrogen (secondary N) is 2. The molecule has 4 N–H and O–H groups in total. The Hall–Kier alpha value is -2.54. The highest BCUT2D eigenvalue weighted by Crippen LogP contribution is 2.24. The van der Waals surface area contributed by atoms with Gasteiger partial charge >= 0.3 is 12.1 Å². The van der Waals surface area contributed by atoms with E-state index in [0.29, 0.717) is 6.42 Å². The third-order valence-corrected chi connectivity index (χ3v) is 4.90. The van der Waals surface area contributed by atoms with E-state index in [9.17, 15) is 19.8 Å². The quantitative estimate of drug-likeness (QED) is 0.536. The molecule has 0 saturated carbocycles. The SMILES string of the molecule is CC(C)C(C[C@H](O)[C@H](Cc1c[nH]c2ccccc12)NC(=O)OC(C)(C)C)C(=O)O. The lowest BCUT2D eigenvalue weighted by Crippen LogP contribution is -2.48. The van der Waals surface area contributed by atoms with Crippen LogP contribution in [0.2, 0.25) is 0 Å². The molecule has 29 heavy (non-hydrogen) atoms. The minimum Gasteiger partial charge on any atom is -0.481 e. The lowest BCUT2D eigenvalue weighted by molar-refractivity contribution is -0.144. The van der Waals surface area contributed by atoms with E-state index in [1.807, 2.05) is 44.3 Å². The molecule has 1 aromatic carbocycles. The van der Waals surface area contributed by atoms with Gasteiger partial charge in [-0.3, -0.25) is 4.79 Å². The highest BCUT2D eigenvalue weighted by atomic mass is 16.6. The summed E-state index contributed by atoms with van der Waals surface area (Å²) >= 11 is 0. The Morgan fingerprint density at radius 2 is 1.86 bits per heavy atom. The van der Waals surface area contributed by atoms with Crippen LogP contribution in [0.1, 0.15) is 46.6 Å². The molecule has 3 atom stereocenters. The summed E-state index contributed by atoms with van der Waals surface area (Å²) in [5, 5.41) is 24.1. The number of aliphatic hydroxyl groups is 1. The standard InChI is InChI=1S/C22H32N2O5/c1-13(2)16(20(26)27)11-19(25)18(24-21(28)29-22(3,4)5)10-14-12-23-17-9-7-6-8-15(14)17/h6-9,12-13,16,18-19,23,25H,10-11H2,1-5H3,(H,24,28)(H,26,27)/t16?,18-,19-/m0/s1. The number of aliphatic hydroxyl groups excluding tert-OH is 1. The molecule has 0 radical (unpaired) electrons. The van der Waals surface area contributed by atoms with Crippen LogP contribution in [0.5, 0.6) is 0 Å². The monoisotopic (exact) mass is 404 g/mol. The predicted molar refractivity (Wildman–Crippen MR) is 112 cm³/mol. The van der Waals surface area contributed by atoms with Crippen LogP contribution in [0.3, 0.4) is 0 Å². The topological polar surface area (TPSA) is 112 Å². The Kier molecular flexibility index (Phi) is 7.30. The van der Waals surface area contributed by atoms with E-state index in [0.717, 1.165) is 16.5 Å². The second-order valence-corrected chi connectivity index (χ2v) is 8.81. The van der Waals surface area contributed by atoms with Crippen LogP contribution in [-0.4, -0.2) is 45.0 Å². The number of aromatic amines is 1. The molecule has 0 spiro atoms. The first kappa shape index (κ1) is 22.7. The molecule has 1 heterocycles. The number of fused-ring (bicyclic) bond motifs is 1. The zero-order chi connectivity index (χ0) is 21.8. The van der Waals surface area contributed by atoms with Gasteiger partial charge in [0.05, 0.1) is 18.1 Å². The van der Waals surface area contributed by atoms with Gasteiger partial charge in [-0.25, -0.2) is 4.79 Å². The molecule has 7 heteroatoms. The summed E-state index contributed by atoms with van der Waals surface area (Å²) in [5.41, 5.74) is 1.21. The predicted octanol–water partition coefficient (Wildman–Crippen LogP) is 3.71. The van der Waals surface area contributed by atoms with Crippen molar-refractivity contribution in [3.05, 3.63) is 36.0 Å². The Labute approximate surface area is 171 Å². The van der Waals surface area contributed by atoms with Crippen molar-refractivity contribution in [1.29, 1.82) is 0 Å². The van der Waals surface area contributed by atoms with E-state index >= 15 is 0 Å². The van der Waals surface area contributed by atoms with E-state index in [1.54, 1.807) is 20.8 Å². The first-order valence-electron chi connectivity index (χ1n) is 9.93. The Morgan fingerprint density at radius 3 is 2.45 bits per heavy atom. The number of carbonyl (C=O) groups excluding carboxylic acids is 1. The number of aromatic nitrogens is 1. The molecule has 0 aliphatic carbocycles. The second kappa shape index (κ2) is 9.31. The molecule has 2 rings (SSSR count). The van der Waals surface area contributed by atoms with Gasteiger partial charge in [0.1, 0.15) is 5.60 Å². The molecule has 0 aliphatic rings. The number of carboxylic acids is 1. The third-order valence-electron chi connectivity index (χ3n) is 4.90. The fraction of sp³-hybridized carbons (Fsp3) is 0.545. The minimum absolute atomic E-state index is 0.0375. The summed E-state index contributed by atoms with van der Waals surface area (Å²) in [6.07, 6.45) is 0.542. The van der Waals surface area contributed by atoms with E-state index in [4.69, 9.17) is 4.74 Å². The number of hydrogen-bond donors (Lipinski definition) is 4. The Morgan fingerprint density at radius 1 is 1.21 bits per heavy atom. The second-order valence-electron chi connectivity index (χ2n) is 8.81. The summed E-state index contributed by atoms with van der Waals surface area (Å²) in [5.74, 6) is -1.81. The molecular weight excluding hydrogens is 372 g/mol. The highest BCUT2D eigenvalue weighted by Gasteiger charge is 2.31. The van der Waals surface area contributed by atoms with Crippen LogP contribution in [-0.2, 0) is 16.0 Å². The summed E-state index contributed by atoms with van der Waals surface area (Å²) in [4.78, 5) is 27.1. The molecule has 0 bridgehead atoms. The van der Waals surface area contributed by atoms with Crippen molar-refractivity contribution in [2.24, 2.45) is 11.8 Å². The summed E-state index contributed by atoms with van der Waals surface area (Å²) in [6.45, 7) is 8.90. The van der Waals surface area contributed by atoms with Crippen LogP contribution < -0.4 is 5.32 Å². The Balaban J connectivity index is 2.24. The molecule has 0 saturated heterocycles. The summed E-state index contributed by atoms with van der Waals surface area (Å²) < 4.78 is 5.34. The van der Waals surface area contributed by atoms with Crippen molar-refractivity contribution >= 4 is 23.0 Å². The zero-order valence-corrected chi connectivity index (χ0v) is 17.7. The first-order valence-corrected chi connectivity index (χ1v) is 9.93. The number of rotatable bonds is 8. The number of alkyl carbamates (subject to hydrolysis) is 1. The smallest absolute Gasteiger partial charge is 0.407 e. The van der Waals surface area contributed by atoms with Gasteiger partial charge in [-0.2, -0.15) is 0 Å². The number of amides is 1. The van der Waals surface area contributed by atoms with Gasteiger partial charge in [0.2, 0.25) is 0 Å². The fourth-order valence-corrected chi connectivity index (χ4v) is 3.36. The molecule has 0 aliphatic heterocycles. The van der Waals surface area contributed by atoms with Crippen molar-refractivity contribution in [2.75, 3.05) is 0 Å². The molecule has 160 valence electrons. The van der Waals surface area contributed by atoms with Crippen LogP contribution in [0.4, 0.5) is 4.79 Å². The van der Waals surface area contributed by atoms with Gasteiger partial charge in [-0.05, 0) is 51.2 Å². The lowest BCUT2D eigenvalue weighted by Gasteiger charge is -2.29. The van der Waals surface area contributed by atoms with E-state index in [-0.39, 0.29) is 12.3 Å². The normalized spacial score (nSPS) is 15.1. The van der Waals surface area contributed by atoms with Crippen LogP contribution in [0, 0.1) is 11.8 Å². The zero-order valence-electron chi connectivity index (χ0n) is 17.7. The lowest BCUT2D eigenvalue weighted by atomic mass is 9.87. The van der Waals surface area contributed by atoms with Crippen LogP contribution >= 0.6 is 0 Å². The van der Waals surface area contributed by atoms with Crippen LogP contribution in [0.15, 0.2) is 30.5 Å². The Bertz CT molecular complexity index is 837. The van der Waals surface area contributed by atoms with Crippen molar-refractivity contribution in [1.82, 2.24) is 10.3 Å². The maximum atomic E-state index is 12.4. The van der Waals surface area contributed by atoms with Gasteiger partial charge < -0.3 is 25.3 Å². The largest absolute Gasteiger partial charge is 0.481 e. The van der Waals surface area contributed by atoms with Gasteiger partial charge in [0.25, 0.3) is 0 Å². The van der Waals surface area contributed by atoms with Crippen molar-refractivity contribution in [2.45, 2.75) is 65.2 Å². The van der Waals surface area contributed by atoms with E-state index in [1.165, 1.54) is 0 Å². The third kappa shape index (κ3) is 6.49. The molecule has 1 amide bonds. The number of aliphatic carboxylic acids is 1. The van der Waals surface area contributed by atoms with E-state index in [2.05, 4.69) is 10.3 Å². The van der Waals surface area contributed by atoms with Crippen molar-refractivity contribution in [3.8, 4) is 0 Å². The number of ether oxygens (including phenoxy) is 1. The average Bonchev–Trinajstić information content (AvgIpc) is 2.99. The number of para-hydroxylation sites is 1. The van der Waals surface area contributed by atoms with Crippen LogP contribution in [0.25, 0.3) is 10.9 Å². The van der Waals surface area contributed by atoms with E-state index < -0.39 is 35.7 Å². The van der Waals surface area contributed by atoms with Gasteiger partial charge in [-0.1, -0.05) is 32.0 Å². The maximum absolute atomic E-state index is 12.4. The number of carbonyl (C=O) groups is 2. The van der Waals surface area contributed by atoms with Crippen molar-refractivity contribution < 1.29 is 24.5 Å².